The molecule has 7 heavy (non-hydrogen) atoms. The van der Waals surface area contributed by atoms with E-state index < -0.39 is 9.05 Å². The van der Waals surface area contributed by atoms with Crippen molar-refractivity contribution in [2.45, 2.75) is 0 Å². The summed E-state index contributed by atoms with van der Waals surface area (Å²) in [7, 11) is -5.61. The molecule has 0 aromatic carbocycles. The van der Waals surface area contributed by atoms with Crippen LogP contribution in [0.5, 0.6) is 0 Å². The molecule has 4 nitrogen and oxygen atoms in total. The van der Waals surface area contributed by atoms with Gasteiger partial charge in [-0.25, -0.2) is 0 Å². The molecule has 0 aliphatic heterocycles. The van der Waals surface area contributed by atoms with Gasteiger partial charge in [-0.15, -0.1) is 0 Å². The van der Waals surface area contributed by atoms with Gasteiger partial charge in [0, 0.05) is 0 Å². The summed E-state index contributed by atoms with van der Waals surface area (Å²) < 4.78 is 0. The van der Waals surface area contributed by atoms with Gasteiger partial charge < -0.3 is 28.2 Å². The van der Waals surface area contributed by atoms with Crippen molar-refractivity contribution in [3.05, 3.63) is 0 Å². The topological polar surface area (TPSA) is 92.2 Å². The summed E-state index contributed by atoms with van der Waals surface area (Å²) >= 11 is 0. The van der Waals surface area contributed by atoms with Crippen molar-refractivity contribution in [2.75, 3.05) is 0 Å². The Labute approximate surface area is 72.8 Å². The van der Waals surface area contributed by atoms with Gasteiger partial charge in [0.15, 0.2) is 0 Å². The van der Waals surface area contributed by atoms with Gasteiger partial charge in [0.25, 0.3) is 0 Å². The van der Waals surface area contributed by atoms with Crippen molar-refractivity contribution in [1.82, 2.24) is 0 Å². The van der Waals surface area contributed by atoms with Crippen LogP contribution in [0.3, 0.4) is 0 Å². The van der Waals surface area contributed by atoms with E-state index in [-0.39, 0.29) is 44.9 Å². The first kappa shape index (κ1) is 15.8. The van der Waals surface area contributed by atoms with Gasteiger partial charge in [0.1, 0.15) is 0 Å². The van der Waals surface area contributed by atoms with Gasteiger partial charge in [0.05, 0.1) is 0 Å². The molecule has 0 bridgehead atoms. The molecule has 0 aliphatic carbocycles. The van der Waals surface area contributed by atoms with Gasteiger partial charge in [-0.2, -0.15) is 0 Å². The van der Waals surface area contributed by atoms with Crippen molar-refractivity contribution >= 4 is 53.9 Å². The summed E-state index contributed by atoms with van der Waals surface area (Å²) in [6, 6.07) is 0. The molecule has 0 saturated heterocycles. The summed E-state index contributed by atoms with van der Waals surface area (Å²) in [5.41, 5.74) is 0. The molecule has 0 saturated carbocycles. The summed E-state index contributed by atoms with van der Waals surface area (Å²) in [6.45, 7) is 0. The molecule has 0 rings (SSSR count). The minimum atomic E-state index is -5.61. The molecular weight excluding hydrogens is 372 g/mol. The Morgan fingerprint density at radius 2 is 0.857 bits per heavy atom. The zero-order valence-electron chi connectivity index (χ0n) is 3.34. The maximum absolute atomic E-state index is 8.58. The van der Waals surface area contributed by atoms with Crippen LogP contribution < -0.4 is 19.2 Å². The predicted molar refractivity (Wildman–Crippen MR) is 20.1 cm³/mol. The van der Waals surface area contributed by atoms with E-state index in [1.54, 1.807) is 0 Å². The minimum Gasteiger partial charge on any atom is -0.894 e. The number of hydrogen-bond acceptors (Lipinski definition) is 4. The van der Waals surface area contributed by atoms with E-state index in [4.69, 9.17) is 19.2 Å². The molecule has 0 fully saturated rings. The second kappa shape index (κ2) is 5.65. The predicted octanol–water partition coefficient (Wildman–Crippen LogP) is -6.43. The largest absolute Gasteiger partial charge is 2.00 e. The molecule has 2 radical (unpaired) electrons. The molecular formula is H2GeO4PbSi. The van der Waals surface area contributed by atoms with Crippen LogP contribution in [0.15, 0.2) is 0 Å². The SMILES string of the molecule is [GeH2+2].[O-][Si]([O-])([O-])[O-].[Pb+2]. The van der Waals surface area contributed by atoms with E-state index >= 15 is 0 Å². The molecule has 0 amide bonds. The van der Waals surface area contributed by atoms with E-state index in [1.165, 1.54) is 0 Å². The fourth-order valence-electron chi connectivity index (χ4n) is 0. The minimum absolute atomic E-state index is 0. The van der Waals surface area contributed by atoms with Crippen LogP contribution in [0, 0.1) is 0 Å². The van der Waals surface area contributed by atoms with E-state index in [0.29, 0.717) is 0 Å². The second-order valence-corrected chi connectivity index (χ2v) is 1.50. The van der Waals surface area contributed by atoms with Gasteiger partial charge >= 0.3 is 44.9 Å². The van der Waals surface area contributed by atoms with E-state index in [9.17, 15) is 0 Å². The Morgan fingerprint density at radius 3 is 0.857 bits per heavy atom. The van der Waals surface area contributed by atoms with Crippen molar-refractivity contribution in [3.8, 4) is 0 Å². The fraction of sp³-hybridized carbons (Fsp3) is 0. The quantitative estimate of drug-likeness (QED) is 0.395. The van der Waals surface area contributed by atoms with Crippen molar-refractivity contribution in [3.63, 3.8) is 0 Å². The summed E-state index contributed by atoms with van der Waals surface area (Å²) in [5.74, 6) is 0. The third-order valence-electron chi connectivity index (χ3n) is 0. The maximum Gasteiger partial charge on any atom is 2.00 e. The first-order valence-electron chi connectivity index (χ1n) is 0.816. The van der Waals surface area contributed by atoms with Gasteiger partial charge in [-0.05, 0) is 0 Å². The molecule has 0 heterocycles. The number of rotatable bonds is 0. The van der Waals surface area contributed by atoms with E-state index in [1.807, 2.05) is 0 Å². The summed E-state index contributed by atoms with van der Waals surface area (Å²) in [5, 5.41) is 0. The average molecular weight is 374 g/mol. The fourth-order valence-corrected chi connectivity index (χ4v) is 0. The summed E-state index contributed by atoms with van der Waals surface area (Å²) in [6.07, 6.45) is 0. The van der Waals surface area contributed by atoms with Gasteiger partial charge in [-0.3, -0.25) is 0 Å². The summed E-state index contributed by atoms with van der Waals surface area (Å²) in [4.78, 5) is 34.3. The zero-order valence-corrected chi connectivity index (χ0v) is 11.2. The first-order valence-corrected chi connectivity index (χ1v) is 2.45. The Balaban J connectivity index is -0.0000000800. The van der Waals surface area contributed by atoms with E-state index in [0.717, 1.165) is 0 Å². The smallest absolute Gasteiger partial charge is 0.894 e. The molecule has 38 valence electrons. The van der Waals surface area contributed by atoms with Gasteiger partial charge in [-0.1, -0.05) is 0 Å². The van der Waals surface area contributed by atoms with Gasteiger partial charge in [0.2, 0.25) is 0 Å². The second-order valence-electron chi connectivity index (χ2n) is 0.500. The number of hydrogen-bond donors (Lipinski definition) is 0. The van der Waals surface area contributed by atoms with Crippen molar-refractivity contribution in [2.24, 2.45) is 0 Å². The first-order chi connectivity index (χ1) is 2.00. The zero-order chi connectivity index (χ0) is 4.50. The normalized spacial score (nSPS) is 8.57. The monoisotopic (exact) mass is 376 g/mol. The Morgan fingerprint density at radius 1 is 0.857 bits per heavy atom. The van der Waals surface area contributed by atoms with Crippen molar-refractivity contribution < 1.29 is 19.2 Å². The van der Waals surface area contributed by atoms with Crippen LogP contribution in [0.4, 0.5) is 0 Å². The molecule has 7 heteroatoms. The Kier molecular flexibility index (Phi) is 12.8. The van der Waals surface area contributed by atoms with Crippen molar-refractivity contribution in [1.29, 1.82) is 0 Å². The van der Waals surface area contributed by atoms with Crippen LogP contribution in [0.1, 0.15) is 0 Å². The molecule has 0 aromatic heterocycles. The van der Waals surface area contributed by atoms with Crippen LogP contribution in [0.2, 0.25) is 0 Å². The average Bonchev–Trinajstić information content (AvgIpc) is 0.722. The third kappa shape index (κ3) is 99.0. The molecule has 0 spiro atoms. The van der Waals surface area contributed by atoms with Crippen LogP contribution in [-0.2, 0) is 0 Å². The maximum atomic E-state index is 8.58. The third-order valence-corrected chi connectivity index (χ3v) is 0. The Hall–Kier alpha value is 1.52. The molecule has 0 aliphatic rings. The molecule has 0 aromatic rings. The van der Waals surface area contributed by atoms with Crippen LogP contribution in [-0.4, -0.2) is 53.9 Å². The standard InChI is InChI=1S/GeH2.O4Si.Pb/c;1-5(2,3)4;/h1H2;;/q+2;-4;+2. The Bertz CT molecular complexity index is 27.2. The van der Waals surface area contributed by atoms with E-state index in [2.05, 4.69) is 0 Å². The molecule has 0 N–H and O–H groups in total. The van der Waals surface area contributed by atoms with Crippen LogP contribution in [0.25, 0.3) is 0 Å². The van der Waals surface area contributed by atoms with Crippen LogP contribution >= 0.6 is 0 Å². The molecule has 0 unspecified atom stereocenters. The molecule has 0 atom stereocenters.